The molecule has 0 bridgehead atoms. The Morgan fingerprint density at radius 3 is 2.41 bits per heavy atom. The number of aromatic nitrogens is 2. The van der Waals surface area contributed by atoms with Crippen LogP contribution in [0.15, 0.2) is 30.6 Å². The van der Waals surface area contributed by atoms with E-state index in [0.29, 0.717) is 25.2 Å². The monoisotopic (exact) mass is 479 g/mol. The minimum atomic E-state index is -0.215. The van der Waals surface area contributed by atoms with Crippen molar-refractivity contribution in [3.8, 4) is 0 Å². The standard InChI is InChI=1S/C23H29N5O2.2ClH/c1-4-17-13-26-22(29)20(17)19-6-5-18(14-24-19)23(30)28-9-7-27(8-10-28)21-16(3)11-15(2)12-25-21;;/h5-6,11-12,14,17,20H,4,7-10,13H2,1-3H3,(H,26,29);2*1H/t17?,20-;;/m1../s1. The molecule has 0 spiro atoms. The Hall–Kier alpha value is -2.38. The molecule has 0 aliphatic carbocycles. The molecule has 2 atom stereocenters. The lowest BCUT2D eigenvalue weighted by Crippen LogP contribution is -2.49. The Morgan fingerprint density at radius 1 is 1.09 bits per heavy atom. The fraction of sp³-hybridized carbons (Fsp3) is 0.478. The molecule has 0 aromatic carbocycles. The highest BCUT2D eigenvalue weighted by molar-refractivity contribution is 5.94. The van der Waals surface area contributed by atoms with Gasteiger partial charge in [0.05, 0.1) is 17.2 Å². The molecule has 9 heteroatoms. The molecule has 1 N–H and O–H groups in total. The van der Waals surface area contributed by atoms with Crippen LogP contribution in [0.5, 0.6) is 0 Å². The van der Waals surface area contributed by atoms with Crippen LogP contribution in [-0.4, -0.2) is 59.4 Å². The molecule has 0 saturated carbocycles. The van der Waals surface area contributed by atoms with E-state index < -0.39 is 0 Å². The largest absolute Gasteiger partial charge is 0.355 e. The van der Waals surface area contributed by atoms with E-state index in [0.717, 1.165) is 42.1 Å². The number of nitrogens with zero attached hydrogens (tertiary/aromatic N) is 4. The van der Waals surface area contributed by atoms with E-state index >= 15 is 0 Å². The number of carbonyl (C=O) groups is 2. The lowest BCUT2D eigenvalue weighted by molar-refractivity contribution is -0.120. The zero-order valence-corrected chi connectivity index (χ0v) is 20.3. The summed E-state index contributed by atoms with van der Waals surface area (Å²) in [7, 11) is 0. The number of hydrogen-bond acceptors (Lipinski definition) is 5. The number of hydrogen-bond donors (Lipinski definition) is 1. The van der Waals surface area contributed by atoms with Crippen LogP contribution in [0.3, 0.4) is 0 Å². The third-order valence-corrected chi connectivity index (χ3v) is 6.22. The molecule has 1 unspecified atom stereocenters. The maximum Gasteiger partial charge on any atom is 0.255 e. The van der Waals surface area contributed by atoms with Gasteiger partial charge in [-0.05, 0) is 43.0 Å². The first-order valence-electron chi connectivity index (χ1n) is 10.7. The van der Waals surface area contributed by atoms with Crippen molar-refractivity contribution in [2.24, 2.45) is 5.92 Å². The summed E-state index contributed by atoms with van der Waals surface area (Å²) in [5.41, 5.74) is 3.64. The van der Waals surface area contributed by atoms with Crippen LogP contribution in [0.2, 0.25) is 0 Å². The van der Waals surface area contributed by atoms with E-state index in [-0.39, 0.29) is 48.5 Å². The molecule has 2 aromatic heterocycles. The van der Waals surface area contributed by atoms with Crippen molar-refractivity contribution in [3.63, 3.8) is 0 Å². The predicted octanol–water partition coefficient (Wildman–Crippen LogP) is 3.14. The Labute approximate surface area is 201 Å². The Morgan fingerprint density at radius 2 is 1.81 bits per heavy atom. The number of amides is 2. The van der Waals surface area contributed by atoms with Gasteiger partial charge in [-0.15, -0.1) is 24.8 Å². The highest BCUT2D eigenvalue weighted by Gasteiger charge is 2.35. The number of rotatable bonds is 4. The van der Waals surface area contributed by atoms with Gasteiger partial charge in [-0.1, -0.05) is 19.4 Å². The van der Waals surface area contributed by atoms with Gasteiger partial charge in [0.2, 0.25) is 5.91 Å². The van der Waals surface area contributed by atoms with Gasteiger partial charge in [-0.2, -0.15) is 0 Å². The first kappa shape index (κ1) is 25.9. The number of piperazine rings is 1. The average Bonchev–Trinajstić information content (AvgIpc) is 3.14. The quantitative estimate of drug-likeness (QED) is 0.728. The highest BCUT2D eigenvalue weighted by atomic mass is 35.5. The van der Waals surface area contributed by atoms with E-state index in [1.54, 1.807) is 12.3 Å². The molecule has 2 saturated heterocycles. The molecule has 2 aliphatic rings. The summed E-state index contributed by atoms with van der Waals surface area (Å²) in [6.07, 6.45) is 4.43. The zero-order valence-electron chi connectivity index (χ0n) is 18.7. The minimum absolute atomic E-state index is 0. The van der Waals surface area contributed by atoms with Crippen LogP contribution < -0.4 is 10.2 Å². The Kier molecular flexibility index (Phi) is 8.87. The van der Waals surface area contributed by atoms with Crippen molar-refractivity contribution in [1.82, 2.24) is 20.2 Å². The molecule has 2 aromatic rings. The van der Waals surface area contributed by atoms with E-state index in [4.69, 9.17) is 0 Å². The summed E-state index contributed by atoms with van der Waals surface area (Å²) in [4.78, 5) is 38.3. The second kappa shape index (κ2) is 11.0. The van der Waals surface area contributed by atoms with Gasteiger partial charge in [0, 0.05) is 45.1 Å². The average molecular weight is 480 g/mol. The second-order valence-corrected chi connectivity index (χ2v) is 8.30. The van der Waals surface area contributed by atoms with Crippen molar-refractivity contribution in [2.45, 2.75) is 33.1 Å². The number of carbonyl (C=O) groups excluding carboxylic acids is 2. The van der Waals surface area contributed by atoms with Crippen molar-refractivity contribution in [3.05, 3.63) is 53.0 Å². The molecule has 32 heavy (non-hydrogen) atoms. The van der Waals surface area contributed by atoms with Gasteiger partial charge in [-0.25, -0.2) is 4.98 Å². The summed E-state index contributed by atoms with van der Waals surface area (Å²) >= 11 is 0. The maximum absolute atomic E-state index is 12.9. The Bertz CT molecular complexity index is 946. The molecular formula is C23H31Cl2N5O2. The summed E-state index contributed by atoms with van der Waals surface area (Å²) in [6, 6.07) is 5.78. The first-order valence-corrected chi connectivity index (χ1v) is 10.7. The van der Waals surface area contributed by atoms with Gasteiger partial charge >= 0.3 is 0 Å². The van der Waals surface area contributed by atoms with E-state index in [1.807, 2.05) is 24.1 Å². The van der Waals surface area contributed by atoms with Crippen LogP contribution in [-0.2, 0) is 4.79 Å². The minimum Gasteiger partial charge on any atom is -0.355 e. The molecule has 0 radical (unpaired) electrons. The molecule has 2 fully saturated rings. The molecule has 4 heterocycles. The van der Waals surface area contributed by atoms with Crippen molar-refractivity contribution in [1.29, 1.82) is 0 Å². The number of halogens is 2. The third kappa shape index (κ3) is 5.15. The van der Waals surface area contributed by atoms with Crippen molar-refractivity contribution in [2.75, 3.05) is 37.6 Å². The van der Waals surface area contributed by atoms with E-state index in [2.05, 4.69) is 40.1 Å². The van der Waals surface area contributed by atoms with Crippen LogP contribution in [0.4, 0.5) is 5.82 Å². The lowest BCUT2D eigenvalue weighted by atomic mass is 9.90. The highest BCUT2D eigenvalue weighted by Crippen LogP contribution is 2.30. The van der Waals surface area contributed by atoms with Crippen LogP contribution >= 0.6 is 24.8 Å². The first-order chi connectivity index (χ1) is 14.5. The summed E-state index contributed by atoms with van der Waals surface area (Å²) < 4.78 is 0. The SMILES string of the molecule is CCC1CNC(=O)[C@H]1c1ccc(C(=O)N2CCN(c3ncc(C)cc3C)CC2)cn1.Cl.Cl. The predicted molar refractivity (Wildman–Crippen MR) is 130 cm³/mol. The molecule has 2 amide bonds. The zero-order chi connectivity index (χ0) is 21.3. The fourth-order valence-electron chi connectivity index (χ4n) is 4.49. The van der Waals surface area contributed by atoms with Gasteiger partial charge in [0.25, 0.3) is 5.91 Å². The summed E-state index contributed by atoms with van der Waals surface area (Å²) in [6.45, 7) is 9.72. The molecule has 7 nitrogen and oxygen atoms in total. The van der Waals surface area contributed by atoms with E-state index in [1.165, 1.54) is 0 Å². The Balaban J connectivity index is 0.00000181. The lowest BCUT2D eigenvalue weighted by Gasteiger charge is -2.36. The second-order valence-electron chi connectivity index (χ2n) is 8.30. The number of nitrogens with one attached hydrogen (secondary N) is 1. The number of anilines is 1. The summed E-state index contributed by atoms with van der Waals surface area (Å²) in [5.74, 6) is 1.07. The summed E-state index contributed by atoms with van der Waals surface area (Å²) in [5, 5.41) is 2.92. The van der Waals surface area contributed by atoms with Crippen LogP contribution in [0.25, 0.3) is 0 Å². The topological polar surface area (TPSA) is 78.4 Å². The fourth-order valence-corrected chi connectivity index (χ4v) is 4.49. The molecule has 2 aliphatic heterocycles. The van der Waals surface area contributed by atoms with Crippen LogP contribution in [0.1, 0.15) is 46.4 Å². The van der Waals surface area contributed by atoms with Gasteiger partial charge in [-0.3, -0.25) is 14.6 Å². The maximum atomic E-state index is 12.9. The van der Waals surface area contributed by atoms with Crippen molar-refractivity contribution < 1.29 is 9.59 Å². The normalized spacial score (nSPS) is 20.3. The van der Waals surface area contributed by atoms with E-state index in [9.17, 15) is 9.59 Å². The number of pyridine rings is 2. The smallest absolute Gasteiger partial charge is 0.255 e. The van der Waals surface area contributed by atoms with Crippen LogP contribution in [0, 0.1) is 19.8 Å². The molecule has 174 valence electrons. The molecule has 4 rings (SSSR count). The van der Waals surface area contributed by atoms with Gasteiger partial charge in [0.1, 0.15) is 5.82 Å². The number of aryl methyl sites for hydroxylation is 2. The molecular weight excluding hydrogens is 449 g/mol. The van der Waals surface area contributed by atoms with Gasteiger partial charge in [0.15, 0.2) is 0 Å². The van der Waals surface area contributed by atoms with Gasteiger partial charge < -0.3 is 15.1 Å². The van der Waals surface area contributed by atoms with Crippen molar-refractivity contribution >= 4 is 42.4 Å². The third-order valence-electron chi connectivity index (χ3n) is 6.22.